The van der Waals surface area contributed by atoms with Crippen molar-refractivity contribution in [3.8, 4) is 11.8 Å². The van der Waals surface area contributed by atoms with Crippen molar-refractivity contribution in [1.29, 1.82) is 0 Å². The van der Waals surface area contributed by atoms with Crippen LogP contribution in [0, 0.1) is 0 Å². The quantitative estimate of drug-likeness (QED) is 0.723. The largest absolute Gasteiger partial charge is 0.478 e. The third-order valence-corrected chi connectivity index (χ3v) is 2.81. The molecule has 0 spiro atoms. The minimum absolute atomic E-state index is 0.603. The molecule has 0 bridgehead atoms. The minimum atomic E-state index is 0.603. The van der Waals surface area contributed by atoms with Crippen molar-refractivity contribution >= 4 is 11.4 Å². The maximum Gasteiger partial charge on any atom is 0.213 e. The Balaban J connectivity index is 1.52. The molecule has 0 saturated carbocycles. The van der Waals surface area contributed by atoms with E-state index in [0.717, 1.165) is 19.3 Å². The van der Waals surface area contributed by atoms with Gasteiger partial charge in [-0.25, -0.2) is 9.97 Å². The van der Waals surface area contributed by atoms with E-state index in [4.69, 9.17) is 20.9 Å². The standard InChI is InChI=1S/C15H20N4O2/c16-12-4-6-14(18-10-12)20-8-2-1-3-9-21-15-7-5-13(17)11-19-15/h4-7,10-11H,1-3,8-9,16-17H2. The Bertz CT molecular complexity index is 479. The van der Waals surface area contributed by atoms with Crippen LogP contribution < -0.4 is 20.9 Å². The third-order valence-electron chi connectivity index (χ3n) is 2.81. The number of hydrogen-bond donors (Lipinski definition) is 2. The van der Waals surface area contributed by atoms with E-state index in [-0.39, 0.29) is 0 Å². The van der Waals surface area contributed by atoms with E-state index in [9.17, 15) is 0 Å². The van der Waals surface area contributed by atoms with Crippen LogP contribution in [0.2, 0.25) is 0 Å². The summed E-state index contributed by atoms with van der Waals surface area (Å²) in [6, 6.07) is 7.09. The van der Waals surface area contributed by atoms with Crippen LogP contribution >= 0.6 is 0 Å². The number of nitrogen functional groups attached to an aromatic ring is 2. The summed E-state index contributed by atoms with van der Waals surface area (Å²) in [5.74, 6) is 1.21. The number of anilines is 2. The lowest BCUT2D eigenvalue weighted by atomic mass is 10.2. The van der Waals surface area contributed by atoms with Gasteiger partial charge in [0.1, 0.15) is 0 Å². The van der Waals surface area contributed by atoms with Gasteiger partial charge in [-0.2, -0.15) is 0 Å². The number of hydrogen-bond acceptors (Lipinski definition) is 6. The molecule has 0 aliphatic carbocycles. The van der Waals surface area contributed by atoms with Gasteiger partial charge in [-0.3, -0.25) is 0 Å². The van der Waals surface area contributed by atoms with Gasteiger partial charge in [0.25, 0.3) is 0 Å². The predicted molar refractivity (Wildman–Crippen MR) is 82.1 cm³/mol. The molecule has 2 heterocycles. The van der Waals surface area contributed by atoms with Crippen molar-refractivity contribution in [1.82, 2.24) is 9.97 Å². The molecular formula is C15H20N4O2. The fourth-order valence-electron chi connectivity index (χ4n) is 1.69. The van der Waals surface area contributed by atoms with Crippen LogP contribution in [-0.2, 0) is 0 Å². The fourth-order valence-corrected chi connectivity index (χ4v) is 1.69. The summed E-state index contributed by atoms with van der Waals surface area (Å²) in [6.45, 7) is 1.27. The summed E-state index contributed by atoms with van der Waals surface area (Å²) in [4.78, 5) is 8.14. The van der Waals surface area contributed by atoms with E-state index in [0.29, 0.717) is 36.3 Å². The molecule has 0 fully saturated rings. The molecule has 6 nitrogen and oxygen atoms in total. The Morgan fingerprint density at radius 3 is 1.57 bits per heavy atom. The maximum absolute atomic E-state index is 5.55. The van der Waals surface area contributed by atoms with E-state index in [1.54, 1.807) is 36.7 Å². The molecule has 0 saturated heterocycles. The molecule has 0 aromatic carbocycles. The molecule has 0 aliphatic heterocycles. The average molecular weight is 288 g/mol. The summed E-state index contributed by atoms with van der Waals surface area (Å²) in [5, 5.41) is 0. The van der Waals surface area contributed by atoms with Gasteiger partial charge in [-0.05, 0) is 31.4 Å². The normalized spacial score (nSPS) is 10.3. The number of pyridine rings is 2. The molecule has 0 unspecified atom stereocenters. The first-order valence-corrected chi connectivity index (χ1v) is 6.93. The van der Waals surface area contributed by atoms with Crippen LogP contribution in [0.3, 0.4) is 0 Å². The van der Waals surface area contributed by atoms with Gasteiger partial charge in [0.05, 0.1) is 37.0 Å². The van der Waals surface area contributed by atoms with Crippen molar-refractivity contribution < 1.29 is 9.47 Å². The van der Waals surface area contributed by atoms with Crippen LogP contribution in [0.25, 0.3) is 0 Å². The smallest absolute Gasteiger partial charge is 0.213 e. The van der Waals surface area contributed by atoms with E-state index in [1.165, 1.54) is 0 Å². The van der Waals surface area contributed by atoms with Gasteiger partial charge in [0.15, 0.2) is 0 Å². The third kappa shape index (κ3) is 5.56. The predicted octanol–water partition coefficient (Wildman–Crippen LogP) is 2.27. The second-order valence-corrected chi connectivity index (χ2v) is 4.62. The Morgan fingerprint density at radius 1 is 0.714 bits per heavy atom. The summed E-state index contributed by atoms with van der Waals surface area (Å²) in [6.07, 6.45) is 6.09. The van der Waals surface area contributed by atoms with E-state index in [2.05, 4.69) is 9.97 Å². The molecule has 112 valence electrons. The fraction of sp³-hybridized carbons (Fsp3) is 0.333. The number of ether oxygens (including phenoxy) is 2. The van der Waals surface area contributed by atoms with Crippen molar-refractivity contribution in [3.63, 3.8) is 0 Å². The summed E-state index contributed by atoms with van der Waals surface area (Å²) >= 11 is 0. The van der Waals surface area contributed by atoms with Crippen LogP contribution in [0.1, 0.15) is 19.3 Å². The summed E-state index contributed by atoms with van der Waals surface area (Å²) in [7, 11) is 0. The molecule has 0 aliphatic rings. The van der Waals surface area contributed by atoms with Gasteiger partial charge in [0, 0.05) is 12.1 Å². The van der Waals surface area contributed by atoms with Crippen molar-refractivity contribution in [2.45, 2.75) is 19.3 Å². The second-order valence-electron chi connectivity index (χ2n) is 4.62. The number of nitrogens with two attached hydrogens (primary N) is 2. The molecule has 0 amide bonds. The van der Waals surface area contributed by atoms with Gasteiger partial charge < -0.3 is 20.9 Å². The van der Waals surface area contributed by atoms with Crippen LogP contribution in [0.15, 0.2) is 36.7 Å². The zero-order chi connectivity index (χ0) is 14.9. The molecule has 21 heavy (non-hydrogen) atoms. The zero-order valence-corrected chi connectivity index (χ0v) is 11.9. The first-order valence-electron chi connectivity index (χ1n) is 6.93. The highest BCUT2D eigenvalue weighted by Gasteiger charge is 1.97. The summed E-state index contributed by atoms with van der Waals surface area (Å²) in [5.41, 5.74) is 12.4. The first kappa shape index (κ1) is 14.9. The van der Waals surface area contributed by atoms with Crippen LogP contribution in [-0.4, -0.2) is 23.2 Å². The Morgan fingerprint density at radius 2 is 1.19 bits per heavy atom. The van der Waals surface area contributed by atoms with Crippen LogP contribution in [0.5, 0.6) is 11.8 Å². The van der Waals surface area contributed by atoms with Gasteiger partial charge in [0.2, 0.25) is 11.8 Å². The topological polar surface area (TPSA) is 96.3 Å². The van der Waals surface area contributed by atoms with Crippen molar-refractivity contribution in [2.24, 2.45) is 0 Å². The van der Waals surface area contributed by atoms with E-state index in [1.807, 2.05) is 0 Å². The molecule has 4 N–H and O–H groups in total. The highest BCUT2D eigenvalue weighted by molar-refractivity contribution is 5.36. The minimum Gasteiger partial charge on any atom is -0.478 e. The maximum atomic E-state index is 5.55. The number of rotatable bonds is 8. The molecule has 0 radical (unpaired) electrons. The molecule has 6 heteroatoms. The Kier molecular flexibility index (Phi) is 5.63. The van der Waals surface area contributed by atoms with Gasteiger partial charge >= 0.3 is 0 Å². The van der Waals surface area contributed by atoms with Crippen molar-refractivity contribution in [3.05, 3.63) is 36.7 Å². The first-order chi connectivity index (χ1) is 10.2. The molecule has 2 aromatic heterocycles. The van der Waals surface area contributed by atoms with E-state index >= 15 is 0 Å². The molecule has 2 rings (SSSR count). The van der Waals surface area contributed by atoms with E-state index < -0.39 is 0 Å². The number of nitrogens with zero attached hydrogens (tertiary/aromatic N) is 2. The van der Waals surface area contributed by atoms with Gasteiger partial charge in [-0.15, -0.1) is 0 Å². The highest BCUT2D eigenvalue weighted by Crippen LogP contribution is 2.10. The molecular weight excluding hydrogens is 268 g/mol. The monoisotopic (exact) mass is 288 g/mol. The van der Waals surface area contributed by atoms with Crippen LogP contribution in [0.4, 0.5) is 11.4 Å². The molecule has 2 aromatic rings. The highest BCUT2D eigenvalue weighted by atomic mass is 16.5. The summed E-state index contributed by atoms with van der Waals surface area (Å²) < 4.78 is 11.0. The number of aromatic nitrogens is 2. The SMILES string of the molecule is Nc1ccc(OCCCCCOc2ccc(N)cn2)nc1. The average Bonchev–Trinajstić information content (AvgIpc) is 2.50. The second kappa shape index (κ2) is 7.94. The zero-order valence-electron chi connectivity index (χ0n) is 11.9. The van der Waals surface area contributed by atoms with Gasteiger partial charge in [-0.1, -0.05) is 0 Å². The van der Waals surface area contributed by atoms with Crippen molar-refractivity contribution in [2.75, 3.05) is 24.7 Å². The Hall–Kier alpha value is -2.50. The number of unbranched alkanes of at least 4 members (excludes halogenated alkanes) is 2. The lowest BCUT2D eigenvalue weighted by molar-refractivity contribution is 0.269. The lowest BCUT2D eigenvalue weighted by Crippen LogP contribution is -2.02. The lowest BCUT2D eigenvalue weighted by Gasteiger charge is -2.06. The molecule has 0 atom stereocenters. The Labute approximate surface area is 124 Å².